The number of aryl methyl sites for hydroxylation is 1. The monoisotopic (exact) mass is 289 g/mol. The van der Waals surface area contributed by atoms with Crippen molar-refractivity contribution in [2.24, 2.45) is 0 Å². The highest BCUT2D eigenvalue weighted by Gasteiger charge is 2.24. The van der Waals surface area contributed by atoms with Crippen LogP contribution in [0.2, 0.25) is 0 Å². The summed E-state index contributed by atoms with van der Waals surface area (Å²) in [6.07, 6.45) is 0.885. The molecule has 1 amide bonds. The molecule has 104 valence electrons. The molecule has 0 heterocycles. The predicted octanol–water partition coefficient (Wildman–Crippen LogP) is 3.25. The summed E-state index contributed by atoms with van der Waals surface area (Å²) in [7, 11) is -4.00. The van der Waals surface area contributed by atoms with Gasteiger partial charge in [-0.2, -0.15) is 0 Å². The van der Waals surface area contributed by atoms with Gasteiger partial charge in [0.1, 0.15) is 0 Å². The van der Waals surface area contributed by atoms with E-state index < -0.39 is 15.1 Å². The van der Waals surface area contributed by atoms with Gasteiger partial charge in [0.05, 0.1) is 4.90 Å². The Morgan fingerprint density at radius 3 is 2.15 bits per heavy atom. The zero-order valence-corrected chi connectivity index (χ0v) is 11.9. The van der Waals surface area contributed by atoms with Gasteiger partial charge in [0, 0.05) is 5.69 Å². The molecule has 0 saturated heterocycles. The molecule has 0 radical (unpaired) electrons. The SMILES string of the molecule is CCc1ccc(NC(=O)S(=O)(=O)c2ccccc2)cc1. The molecule has 2 aromatic carbocycles. The van der Waals surface area contributed by atoms with Crippen molar-refractivity contribution in [1.82, 2.24) is 0 Å². The van der Waals surface area contributed by atoms with Gasteiger partial charge in [-0.05, 0) is 36.2 Å². The molecule has 20 heavy (non-hydrogen) atoms. The molecule has 2 aromatic rings. The maximum atomic E-state index is 12.0. The highest BCUT2D eigenvalue weighted by Crippen LogP contribution is 2.15. The number of rotatable bonds is 3. The lowest BCUT2D eigenvalue weighted by atomic mass is 10.1. The summed E-state index contributed by atoms with van der Waals surface area (Å²) >= 11 is 0. The Bertz CT molecular complexity index is 692. The van der Waals surface area contributed by atoms with E-state index in [4.69, 9.17) is 0 Å². The maximum absolute atomic E-state index is 12.0. The van der Waals surface area contributed by atoms with Crippen molar-refractivity contribution >= 4 is 20.8 Å². The molecule has 0 saturated carbocycles. The zero-order valence-electron chi connectivity index (χ0n) is 11.0. The van der Waals surface area contributed by atoms with Gasteiger partial charge in [0.2, 0.25) is 0 Å². The molecule has 0 atom stereocenters. The smallest absolute Gasteiger partial charge is 0.312 e. The number of nitrogens with one attached hydrogen (secondary N) is 1. The van der Waals surface area contributed by atoms with Crippen LogP contribution in [0.15, 0.2) is 59.5 Å². The molecule has 0 aliphatic carbocycles. The summed E-state index contributed by atoms with van der Waals surface area (Å²) in [5.74, 6) is 0. The topological polar surface area (TPSA) is 63.2 Å². The van der Waals surface area contributed by atoms with Crippen molar-refractivity contribution in [1.29, 1.82) is 0 Å². The molecule has 2 rings (SSSR count). The lowest BCUT2D eigenvalue weighted by molar-refractivity contribution is 0.267. The van der Waals surface area contributed by atoms with Gasteiger partial charge in [-0.3, -0.25) is 4.79 Å². The molecular formula is C15H15NO3S. The van der Waals surface area contributed by atoms with Crippen LogP contribution >= 0.6 is 0 Å². The first kappa shape index (κ1) is 14.3. The maximum Gasteiger partial charge on any atom is 0.345 e. The minimum absolute atomic E-state index is 0.0114. The van der Waals surface area contributed by atoms with Crippen molar-refractivity contribution < 1.29 is 13.2 Å². The van der Waals surface area contributed by atoms with Gasteiger partial charge < -0.3 is 5.32 Å². The summed E-state index contributed by atoms with van der Waals surface area (Å²) in [6.45, 7) is 2.02. The van der Waals surface area contributed by atoms with Crippen LogP contribution in [0.5, 0.6) is 0 Å². The highest BCUT2D eigenvalue weighted by atomic mass is 32.2. The number of carbonyl (C=O) groups excluding carboxylic acids is 1. The fourth-order valence-corrected chi connectivity index (χ4v) is 2.70. The number of hydrogen-bond acceptors (Lipinski definition) is 3. The molecule has 5 heteroatoms. The summed E-state index contributed by atoms with van der Waals surface area (Å²) in [5, 5.41) is 1.38. The molecule has 0 aromatic heterocycles. The molecule has 4 nitrogen and oxygen atoms in total. The first-order valence-corrected chi connectivity index (χ1v) is 7.72. The van der Waals surface area contributed by atoms with Crippen LogP contribution in [-0.2, 0) is 16.3 Å². The average molecular weight is 289 g/mol. The number of anilines is 1. The van der Waals surface area contributed by atoms with E-state index in [0.717, 1.165) is 12.0 Å². The van der Waals surface area contributed by atoms with Crippen molar-refractivity contribution in [2.75, 3.05) is 5.32 Å². The minimum atomic E-state index is -4.00. The van der Waals surface area contributed by atoms with Gasteiger partial charge in [-0.15, -0.1) is 0 Å². The molecule has 0 spiro atoms. The summed E-state index contributed by atoms with van der Waals surface area (Å²) in [4.78, 5) is 11.9. The standard InChI is InChI=1S/C15H15NO3S/c1-2-12-8-10-13(11-9-12)16-15(17)20(18,19)14-6-4-3-5-7-14/h3-11H,2H2,1H3,(H,16,17). The van der Waals surface area contributed by atoms with E-state index in [1.165, 1.54) is 12.1 Å². The van der Waals surface area contributed by atoms with Crippen molar-refractivity contribution in [2.45, 2.75) is 18.2 Å². The van der Waals surface area contributed by atoms with Gasteiger partial charge >= 0.3 is 5.24 Å². The number of amides is 1. The van der Waals surface area contributed by atoms with E-state index in [2.05, 4.69) is 5.32 Å². The van der Waals surface area contributed by atoms with Crippen LogP contribution in [0, 0.1) is 0 Å². The van der Waals surface area contributed by atoms with Crippen molar-refractivity contribution in [3.05, 3.63) is 60.2 Å². The lowest BCUT2D eigenvalue weighted by Gasteiger charge is -2.07. The van der Waals surface area contributed by atoms with E-state index in [0.29, 0.717) is 5.69 Å². The number of carbonyl (C=O) groups is 1. The van der Waals surface area contributed by atoms with Crippen LogP contribution < -0.4 is 5.32 Å². The number of sulfone groups is 1. The number of benzene rings is 2. The van der Waals surface area contributed by atoms with E-state index in [1.54, 1.807) is 30.3 Å². The lowest BCUT2D eigenvalue weighted by Crippen LogP contribution is -2.21. The Kier molecular flexibility index (Phi) is 4.20. The van der Waals surface area contributed by atoms with Gasteiger partial charge in [0.25, 0.3) is 9.84 Å². The van der Waals surface area contributed by atoms with Gasteiger partial charge in [0.15, 0.2) is 0 Å². The molecule has 1 N–H and O–H groups in total. The zero-order chi connectivity index (χ0) is 14.6. The quantitative estimate of drug-likeness (QED) is 0.943. The third-order valence-electron chi connectivity index (χ3n) is 2.91. The Labute approximate surface area is 118 Å². The second kappa shape index (κ2) is 5.88. The Morgan fingerprint density at radius 2 is 1.60 bits per heavy atom. The van der Waals surface area contributed by atoms with E-state index in [1.807, 2.05) is 19.1 Å². The van der Waals surface area contributed by atoms with Crippen molar-refractivity contribution in [3.8, 4) is 0 Å². The van der Waals surface area contributed by atoms with Crippen LogP contribution in [-0.4, -0.2) is 13.7 Å². The summed E-state index contributed by atoms with van der Waals surface area (Å²) in [5.41, 5.74) is 1.58. The molecular weight excluding hydrogens is 274 g/mol. The normalized spacial score (nSPS) is 11.1. The Morgan fingerprint density at radius 1 is 1.00 bits per heavy atom. The number of hydrogen-bond donors (Lipinski definition) is 1. The fourth-order valence-electron chi connectivity index (χ4n) is 1.72. The minimum Gasteiger partial charge on any atom is -0.312 e. The Balaban J connectivity index is 2.19. The average Bonchev–Trinajstić information content (AvgIpc) is 2.49. The fraction of sp³-hybridized carbons (Fsp3) is 0.133. The van der Waals surface area contributed by atoms with Gasteiger partial charge in [-0.25, -0.2) is 8.42 Å². The summed E-state index contributed by atoms with van der Waals surface area (Å²) < 4.78 is 24.1. The van der Waals surface area contributed by atoms with Crippen LogP contribution in [0.3, 0.4) is 0 Å². The van der Waals surface area contributed by atoms with Crippen molar-refractivity contribution in [3.63, 3.8) is 0 Å². The molecule has 0 fully saturated rings. The van der Waals surface area contributed by atoms with Gasteiger partial charge in [-0.1, -0.05) is 37.3 Å². The molecule has 0 aliphatic heterocycles. The molecule has 0 aliphatic rings. The first-order valence-electron chi connectivity index (χ1n) is 6.24. The predicted molar refractivity (Wildman–Crippen MR) is 78.5 cm³/mol. The third-order valence-corrected chi connectivity index (χ3v) is 4.39. The molecule has 0 bridgehead atoms. The highest BCUT2D eigenvalue weighted by molar-refractivity contribution is 8.06. The largest absolute Gasteiger partial charge is 0.345 e. The second-order valence-electron chi connectivity index (χ2n) is 4.28. The van der Waals surface area contributed by atoms with Crippen LogP contribution in [0.4, 0.5) is 10.5 Å². The van der Waals surface area contributed by atoms with E-state index in [-0.39, 0.29) is 4.90 Å². The van der Waals surface area contributed by atoms with Crippen LogP contribution in [0.1, 0.15) is 12.5 Å². The van der Waals surface area contributed by atoms with E-state index in [9.17, 15) is 13.2 Å². The third kappa shape index (κ3) is 3.05. The Hall–Kier alpha value is -2.14. The summed E-state index contributed by atoms with van der Waals surface area (Å²) in [6, 6.07) is 14.7. The first-order chi connectivity index (χ1) is 9.54. The van der Waals surface area contributed by atoms with E-state index >= 15 is 0 Å². The van der Waals surface area contributed by atoms with Crippen LogP contribution in [0.25, 0.3) is 0 Å². The second-order valence-corrected chi connectivity index (χ2v) is 6.13. The molecule has 0 unspecified atom stereocenters.